The fraction of sp³-hybridized carbons (Fsp3) is 0.0667. The molecule has 6 nitrogen and oxygen atoms in total. The predicted molar refractivity (Wildman–Crippen MR) is 89.2 cm³/mol. The summed E-state index contributed by atoms with van der Waals surface area (Å²) >= 11 is 1.87. The molecule has 2 heterocycles. The molecule has 1 aliphatic heterocycles. The number of anilines is 1. The molecule has 0 radical (unpaired) electrons. The van der Waals surface area contributed by atoms with E-state index in [9.17, 15) is 18.8 Å². The molecule has 3 amide bonds. The highest BCUT2D eigenvalue weighted by Gasteiger charge is 2.26. The number of carbonyl (C=O) groups is 3. The zero-order valence-corrected chi connectivity index (χ0v) is 13.7. The Morgan fingerprint density at radius 1 is 1.33 bits per heavy atom. The minimum absolute atomic E-state index is 0.0284. The Bertz CT molecular complexity index is 863. The first-order valence-corrected chi connectivity index (χ1v) is 8.38. The van der Waals surface area contributed by atoms with E-state index in [1.807, 2.05) is 0 Å². The van der Waals surface area contributed by atoms with Crippen LogP contribution < -0.4 is 10.6 Å². The minimum atomic E-state index is -0.598. The lowest BCUT2D eigenvalue weighted by molar-refractivity contribution is -0.116. The van der Waals surface area contributed by atoms with Gasteiger partial charge < -0.3 is 0 Å². The second-order valence-corrected chi connectivity index (χ2v) is 6.87. The van der Waals surface area contributed by atoms with Gasteiger partial charge in [0.1, 0.15) is 5.82 Å². The molecule has 1 saturated heterocycles. The fourth-order valence-electron chi connectivity index (χ4n) is 1.96. The molecule has 1 aliphatic rings. The lowest BCUT2D eigenvalue weighted by Crippen LogP contribution is -2.18. The second-order valence-electron chi connectivity index (χ2n) is 4.74. The number of nitrogens with zero attached hydrogens (tertiary/aromatic N) is 1. The molecule has 1 fully saturated rings. The average Bonchev–Trinajstić information content (AvgIpc) is 3.08. The summed E-state index contributed by atoms with van der Waals surface area (Å²) in [5.74, 6) is -1.45. The molecule has 9 heteroatoms. The number of aromatic nitrogens is 1. The zero-order valence-electron chi connectivity index (χ0n) is 12.0. The van der Waals surface area contributed by atoms with Crippen molar-refractivity contribution in [2.24, 2.45) is 0 Å². The third-order valence-electron chi connectivity index (χ3n) is 3.01. The van der Waals surface area contributed by atoms with Crippen LogP contribution in [0.15, 0.2) is 41.4 Å². The largest absolute Gasteiger partial charge is 0.298 e. The van der Waals surface area contributed by atoms with E-state index in [2.05, 4.69) is 15.6 Å². The third kappa shape index (κ3) is 3.87. The molecule has 0 aliphatic carbocycles. The Labute approximate surface area is 144 Å². The summed E-state index contributed by atoms with van der Waals surface area (Å²) in [6.07, 6.45) is 2.97. The summed E-state index contributed by atoms with van der Waals surface area (Å²) in [6.45, 7) is 0. The van der Waals surface area contributed by atoms with E-state index in [1.165, 1.54) is 17.4 Å². The minimum Gasteiger partial charge on any atom is -0.298 e. The Morgan fingerprint density at radius 3 is 2.83 bits per heavy atom. The summed E-state index contributed by atoms with van der Waals surface area (Å²) in [5, 5.41) is 4.40. The van der Waals surface area contributed by atoms with E-state index in [4.69, 9.17) is 0 Å². The van der Waals surface area contributed by atoms with Crippen molar-refractivity contribution in [3.63, 3.8) is 0 Å². The third-order valence-corrected chi connectivity index (χ3v) is 4.73. The van der Waals surface area contributed by atoms with Crippen LogP contribution in [0.25, 0.3) is 0 Å². The van der Waals surface area contributed by atoms with Gasteiger partial charge in [-0.25, -0.2) is 9.37 Å². The van der Waals surface area contributed by atoms with Gasteiger partial charge in [-0.05, 0) is 23.4 Å². The molecule has 2 aromatic rings. The maximum absolute atomic E-state index is 13.6. The van der Waals surface area contributed by atoms with Gasteiger partial charge in [0.25, 0.3) is 17.1 Å². The van der Waals surface area contributed by atoms with Gasteiger partial charge in [0, 0.05) is 23.6 Å². The lowest BCUT2D eigenvalue weighted by Gasteiger charge is -1.99. The van der Waals surface area contributed by atoms with Crippen molar-refractivity contribution >= 4 is 45.3 Å². The zero-order chi connectivity index (χ0) is 17.1. The van der Waals surface area contributed by atoms with Crippen LogP contribution in [0.1, 0.15) is 10.4 Å². The topological polar surface area (TPSA) is 88.2 Å². The number of hydrogen-bond donors (Lipinski definition) is 2. The number of amides is 3. The van der Waals surface area contributed by atoms with Gasteiger partial charge in [-0.1, -0.05) is 18.2 Å². The predicted octanol–water partition coefficient (Wildman–Crippen LogP) is 2.68. The van der Waals surface area contributed by atoms with E-state index < -0.39 is 17.1 Å². The van der Waals surface area contributed by atoms with Crippen LogP contribution in [0.4, 0.5) is 14.3 Å². The van der Waals surface area contributed by atoms with E-state index >= 15 is 0 Å². The quantitative estimate of drug-likeness (QED) is 0.816. The maximum atomic E-state index is 13.6. The van der Waals surface area contributed by atoms with Crippen LogP contribution in [-0.4, -0.2) is 22.0 Å². The van der Waals surface area contributed by atoms with Gasteiger partial charge in [0.15, 0.2) is 5.13 Å². The van der Waals surface area contributed by atoms with Gasteiger partial charge in [-0.3, -0.25) is 25.0 Å². The number of benzene rings is 1. The number of carbonyl (C=O) groups excluding carboxylic acids is 3. The molecule has 122 valence electrons. The van der Waals surface area contributed by atoms with Gasteiger partial charge in [-0.15, -0.1) is 11.3 Å². The molecule has 3 rings (SSSR count). The lowest BCUT2D eigenvalue weighted by atomic mass is 10.1. The molecule has 0 unspecified atom stereocenters. The summed E-state index contributed by atoms with van der Waals surface area (Å²) in [7, 11) is 0. The molecule has 0 saturated carbocycles. The molecule has 1 aromatic heterocycles. The molecule has 24 heavy (non-hydrogen) atoms. The van der Waals surface area contributed by atoms with Crippen molar-refractivity contribution in [3.05, 3.63) is 57.7 Å². The highest BCUT2D eigenvalue weighted by Crippen LogP contribution is 2.24. The van der Waals surface area contributed by atoms with Crippen molar-refractivity contribution in [1.82, 2.24) is 10.3 Å². The van der Waals surface area contributed by atoms with Crippen molar-refractivity contribution in [3.8, 4) is 0 Å². The van der Waals surface area contributed by atoms with Crippen LogP contribution >= 0.6 is 23.1 Å². The maximum Gasteiger partial charge on any atom is 0.290 e. The number of halogens is 1. The second kappa shape index (κ2) is 6.93. The van der Waals surface area contributed by atoms with Gasteiger partial charge in [0.05, 0.1) is 4.91 Å². The van der Waals surface area contributed by atoms with E-state index in [-0.39, 0.29) is 10.7 Å². The Morgan fingerprint density at radius 2 is 2.12 bits per heavy atom. The summed E-state index contributed by atoms with van der Waals surface area (Å²) < 4.78 is 13.6. The number of nitrogens with one attached hydrogen (secondary N) is 2. The highest BCUT2D eigenvalue weighted by molar-refractivity contribution is 8.18. The summed E-state index contributed by atoms with van der Waals surface area (Å²) in [5.41, 5.74) is 0.540. The van der Waals surface area contributed by atoms with Gasteiger partial charge in [0.2, 0.25) is 0 Å². The average molecular weight is 363 g/mol. The van der Waals surface area contributed by atoms with E-state index in [0.29, 0.717) is 28.9 Å². The molecular formula is C15H10FN3O3S2. The van der Waals surface area contributed by atoms with Crippen molar-refractivity contribution in [2.75, 3.05) is 5.32 Å². The van der Waals surface area contributed by atoms with Crippen LogP contribution in [0.2, 0.25) is 0 Å². The van der Waals surface area contributed by atoms with Crippen LogP contribution in [0, 0.1) is 5.82 Å². The first-order valence-electron chi connectivity index (χ1n) is 6.75. The van der Waals surface area contributed by atoms with Crippen molar-refractivity contribution in [2.45, 2.75) is 6.42 Å². The first-order chi connectivity index (χ1) is 11.5. The number of imide groups is 1. The number of thiazole rings is 1. The SMILES string of the molecule is O=C(/C=C1/SC(=O)NC1=O)Nc1ncc(Cc2ccccc2F)s1. The molecular weight excluding hydrogens is 353 g/mol. The Balaban J connectivity index is 1.65. The normalized spacial score (nSPS) is 15.6. The smallest absolute Gasteiger partial charge is 0.290 e. The monoisotopic (exact) mass is 363 g/mol. The molecule has 0 spiro atoms. The molecule has 2 N–H and O–H groups in total. The van der Waals surface area contributed by atoms with Crippen molar-refractivity contribution < 1.29 is 18.8 Å². The Kier molecular flexibility index (Phi) is 4.72. The van der Waals surface area contributed by atoms with E-state index in [0.717, 1.165) is 11.0 Å². The Hall–Kier alpha value is -2.52. The molecule has 0 atom stereocenters. The highest BCUT2D eigenvalue weighted by atomic mass is 32.2. The molecule has 1 aromatic carbocycles. The van der Waals surface area contributed by atoms with Crippen molar-refractivity contribution in [1.29, 1.82) is 0 Å². The standard InChI is InChI=1S/C15H10FN3O3S2/c16-10-4-2-1-3-8(10)5-9-7-17-14(23-9)18-12(20)6-11-13(21)19-15(22)24-11/h1-4,6-7H,5H2,(H,17,18,20)(H,19,21,22)/b11-6+. The number of thioether (sulfide) groups is 1. The summed E-state index contributed by atoms with van der Waals surface area (Å²) in [6, 6.07) is 6.44. The van der Waals surface area contributed by atoms with E-state index in [1.54, 1.807) is 24.4 Å². The van der Waals surface area contributed by atoms with Gasteiger partial charge >= 0.3 is 0 Å². The number of rotatable bonds is 4. The fourth-order valence-corrected chi connectivity index (χ4v) is 3.45. The summed E-state index contributed by atoms with van der Waals surface area (Å²) in [4.78, 5) is 39.1. The number of hydrogen-bond acceptors (Lipinski definition) is 6. The first kappa shape index (κ1) is 16.3. The van der Waals surface area contributed by atoms with Gasteiger partial charge in [-0.2, -0.15) is 0 Å². The van der Waals surface area contributed by atoms with Crippen LogP contribution in [0.5, 0.6) is 0 Å². The van der Waals surface area contributed by atoms with Crippen LogP contribution in [0.3, 0.4) is 0 Å². The molecule has 0 bridgehead atoms. The van der Waals surface area contributed by atoms with Crippen LogP contribution in [-0.2, 0) is 16.0 Å².